The van der Waals surface area contributed by atoms with Gasteiger partial charge < -0.3 is 14.2 Å². The molecule has 9 nitrogen and oxygen atoms in total. The molecule has 1 aliphatic rings. The van der Waals surface area contributed by atoms with Crippen LogP contribution in [-0.4, -0.2) is 51.1 Å². The number of aromatic nitrogens is 3. The quantitative estimate of drug-likeness (QED) is 0.316. The fourth-order valence-electron chi connectivity index (χ4n) is 5.27. The number of carbonyl (C=O) groups excluding carboxylic acids is 2. The first-order valence-corrected chi connectivity index (χ1v) is 12.9. The zero-order chi connectivity index (χ0) is 27.9. The van der Waals surface area contributed by atoms with Crippen LogP contribution in [0.3, 0.4) is 0 Å². The topological polar surface area (TPSA) is 87.8 Å². The summed E-state index contributed by atoms with van der Waals surface area (Å²) in [4.78, 5) is 27.4. The number of benzene rings is 2. The van der Waals surface area contributed by atoms with Gasteiger partial charge in [0.1, 0.15) is 11.4 Å². The van der Waals surface area contributed by atoms with E-state index in [2.05, 4.69) is 10.00 Å². The number of methoxy groups -OCH3 is 2. The number of carbonyl (C=O) groups is 2. The predicted octanol–water partition coefficient (Wildman–Crippen LogP) is 5.48. The molecule has 0 saturated heterocycles. The third-order valence-electron chi connectivity index (χ3n) is 7.07. The Balaban J connectivity index is 1.56. The minimum atomic E-state index is -0.607. The molecule has 0 N–H and O–H groups in total. The van der Waals surface area contributed by atoms with Gasteiger partial charge in [-0.1, -0.05) is 12.1 Å². The van der Waals surface area contributed by atoms with Crippen LogP contribution in [-0.2, 0) is 29.1 Å². The Morgan fingerprint density at radius 2 is 1.82 bits per heavy atom. The van der Waals surface area contributed by atoms with Crippen LogP contribution in [0.4, 0.5) is 4.79 Å². The lowest BCUT2D eigenvalue weighted by Gasteiger charge is -2.37. The van der Waals surface area contributed by atoms with Gasteiger partial charge in [-0.25, -0.2) is 9.59 Å². The van der Waals surface area contributed by atoms with Crippen LogP contribution >= 0.6 is 0 Å². The van der Waals surface area contributed by atoms with Gasteiger partial charge in [0.05, 0.1) is 43.6 Å². The van der Waals surface area contributed by atoms with E-state index in [1.807, 2.05) is 68.9 Å². The van der Waals surface area contributed by atoms with Crippen molar-refractivity contribution in [2.45, 2.75) is 59.0 Å². The number of esters is 1. The Morgan fingerprint density at radius 1 is 1.08 bits per heavy atom. The third kappa shape index (κ3) is 5.14. The minimum Gasteiger partial charge on any atom is -0.496 e. The van der Waals surface area contributed by atoms with Crippen LogP contribution < -0.4 is 4.74 Å². The van der Waals surface area contributed by atoms with Gasteiger partial charge >= 0.3 is 12.1 Å². The van der Waals surface area contributed by atoms with Gasteiger partial charge in [-0.3, -0.25) is 14.1 Å². The van der Waals surface area contributed by atoms with Crippen LogP contribution in [0.1, 0.15) is 59.6 Å². The second-order valence-electron chi connectivity index (χ2n) is 10.8. The Labute approximate surface area is 227 Å². The maximum atomic E-state index is 13.0. The van der Waals surface area contributed by atoms with Crippen LogP contribution in [0.15, 0.2) is 54.9 Å². The van der Waals surface area contributed by atoms with Crippen molar-refractivity contribution in [3.8, 4) is 5.75 Å². The average Bonchev–Trinajstić information content (AvgIpc) is 3.56. The molecular weight excluding hydrogens is 496 g/mol. The molecule has 1 unspecified atom stereocenters. The first-order chi connectivity index (χ1) is 18.6. The molecule has 0 radical (unpaired) electrons. The van der Waals surface area contributed by atoms with Crippen LogP contribution in [0, 0.1) is 6.92 Å². The van der Waals surface area contributed by atoms with Crippen LogP contribution in [0.25, 0.3) is 10.9 Å². The Hall–Kier alpha value is -4.11. The predicted molar refractivity (Wildman–Crippen MR) is 147 cm³/mol. The summed E-state index contributed by atoms with van der Waals surface area (Å²) < 4.78 is 20.0. The first kappa shape index (κ1) is 26.5. The fraction of sp³-hybridized carbons (Fsp3) is 0.367. The van der Waals surface area contributed by atoms with E-state index in [1.54, 1.807) is 30.0 Å². The number of nitrogens with zero attached hydrogens (tertiary/aromatic N) is 4. The van der Waals surface area contributed by atoms with Crippen molar-refractivity contribution in [1.29, 1.82) is 0 Å². The molecule has 0 amide bonds. The maximum absolute atomic E-state index is 13.0. The second kappa shape index (κ2) is 10.2. The lowest BCUT2D eigenvalue weighted by atomic mass is 9.98. The molecule has 4 aromatic rings. The molecule has 39 heavy (non-hydrogen) atoms. The largest absolute Gasteiger partial charge is 0.496 e. The van der Waals surface area contributed by atoms with Crippen LogP contribution in [0.5, 0.6) is 5.75 Å². The summed E-state index contributed by atoms with van der Waals surface area (Å²) >= 11 is 0. The Bertz CT molecular complexity index is 1530. The molecule has 2 aromatic heterocycles. The first-order valence-electron chi connectivity index (χ1n) is 12.9. The molecular formula is C30H34N4O5. The Morgan fingerprint density at radius 3 is 2.49 bits per heavy atom. The lowest BCUT2D eigenvalue weighted by Crippen LogP contribution is -2.37. The van der Waals surface area contributed by atoms with Crippen molar-refractivity contribution >= 4 is 23.0 Å². The van der Waals surface area contributed by atoms with Crippen LogP contribution in [0.2, 0.25) is 0 Å². The number of ether oxygens (including phenoxy) is 3. The SMILES string of the molecule is COC(=O)c1ccc(C2Cn3nccc3CN2Cc2c(OC)cc(C)c3c2ccn3C(=O)OC(C)(C)C)cc1. The summed E-state index contributed by atoms with van der Waals surface area (Å²) in [6.07, 6.45) is 3.17. The molecule has 5 rings (SSSR count). The number of hydrogen-bond donors (Lipinski definition) is 0. The highest BCUT2D eigenvalue weighted by molar-refractivity contribution is 5.95. The molecule has 0 fully saturated rings. The number of fused-ring (bicyclic) bond motifs is 2. The summed E-state index contributed by atoms with van der Waals surface area (Å²) in [7, 11) is 3.05. The van der Waals surface area contributed by atoms with E-state index in [0.717, 1.165) is 39.0 Å². The van der Waals surface area contributed by atoms with E-state index in [1.165, 1.54) is 7.11 Å². The summed E-state index contributed by atoms with van der Waals surface area (Å²) in [5.74, 6) is 0.401. The molecule has 0 saturated carbocycles. The van der Waals surface area contributed by atoms with E-state index >= 15 is 0 Å². The summed E-state index contributed by atoms with van der Waals surface area (Å²) in [6, 6.07) is 13.5. The maximum Gasteiger partial charge on any atom is 0.419 e. The van der Waals surface area contributed by atoms with Gasteiger partial charge in [-0.05, 0) is 69.2 Å². The zero-order valence-corrected chi connectivity index (χ0v) is 23.2. The highest BCUT2D eigenvalue weighted by Crippen LogP contribution is 2.37. The summed E-state index contributed by atoms with van der Waals surface area (Å²) in [5, 5.41) is 5.46. The van der Waals surface area contributed by atoms with Crippen molar-refractivity contribution in [2.75, 3.05) is 14.2 Å². The van der Waals surface area contributed by atoms with E-state index in [0.29, 0.717) is 25.2 Å². The molecule has 1 atom stereocenters. The van der Waals surface area contributed by atoms with E-state index in [4.69, 9.17) is 14.2 Å². The normalized spacial score (nSPS) is 15.7. The van der Waals surface area contributed by atoms with Crippen molar-refractivity contribution < 1.29 is 23.8 Å². The van der Waals surface area contributed by atoms with Gasteiger partial charge in [0.15, 0.2) is 0 Å². The summed E-state index contributed by atoms with van der Waals surface area (Å²) in [5.41, 5.74) is 4.81. The van der Waals surface area contributed by atoms with E-state index < -0.39 is 11.7 Å². The molecule has 0 aliphatic carbocycles. The second-order valence-corrected chi connectivity index (χ2v) is 10.8. The van der Waals surface area contributed by atoms with Crippen molar-refractivity contribution in [3.05, 3.63) is 82.8 Å². The Kier molecular flexibility index (Phi) is 6.94. The molecule has 0 spiro atoms. The van der Waals surface area contributed by atoms with Gasteiger partial charge in [-0.15, -0.1) is 0 Å². The molecule has 204 valence electrons. The van der Waals surface area contributed by atoms with E-state index in [9.17, 15) is 9.59 Å². The minimum absolute atomic E-state index is 0.00176. The average molecular weight is 531 g/mol. The number of rotatable bonds is 5. The fourth-order valence-corrected chi connectivity index (χ4v) is 5.27. The molecule has 1 aliphatic heterocycles. The van der Waals surface area contributed by atoms with E-state index in [-0.39, 0.29) is 12.0 Å². The van der Waals surface area contributed by atoms with Gasteiger partial charge in [-0.2, -0.15) is 5.10 Å². The zero-order valence-electron chi connectivity index (χ0n) is 23.2. The molecule has 0 bridgehead atoms. The highest BCUT2D eigenvalue weighted by atomic mass is 16.6. The number of aryl methyl sites for hydroxylation is 1. The standard InChI is InChI=1S/C30H34N4O5/c1-19-15-26(37-5)24(23-12-14-33(27(19)23)29(36)39-30(2,3)4)17-32-16-22-11-13-31-34(22)18-25(32)20-7-9-21(10-8-20)28(35)38-6/h7-15,25H,16-18H2,1-6H3. The number of hydrogen-bond acceptors (Lipinski definition) is 7. The van der Waals surface area contributed by atoms with Crippen molar-refractivity contribution in [1.82, 2.24) is 19.2 Å². The molecule has 3 heterocycles. The van der Waals surface area contributed by atoms with Gasteiger partial charge in [0.25, 0.3) is 0 Å². The molecule has 9 heteroatoms. The summed E-state index contributed by atoms with van der Waals surface area (Å²) in [6.45, 7) is 9.46. The van der Waals surface area contributed by atoms with Crippen molar-refractivity contribution in [2.24, 2.45) is 0 Å². The monoisotopic (exact) mass is 530 g/mol. The van der Waals surface area contributed by atoms with Gasteiger partial charge in [0, 0.05) is 36.4 Å². The smallest absolute Gasteiger partial charge is 0.419 e. The highest BCUT2D eigenvalue weighted by Gasteiger charge is 2.30. The van der Waals surface area contributed by atoms with Gasteiger partial charge in [0.2, 0.25) is 0 Å². The molecule has 2 aromatic carbocycles. The van der Waals surface area contributed by atoms with Crippen molar-refractivity contribution in [3.63, 3.8) is 0 Å². The lowest BCUT2D eigenvalue weighted by molar-refractivity contribution is 0.0542. The third-order valence-corrected chi connectivity index (χ3v) is 7.07.